The van der Waals surface area contributed by atoms with Crippen molar-refractivity contribution >= 4 is 22.4 Å². The van der Waals surface area contributed by atoms with Gasteiger partial charge in [-0.15, -0.1) is 10.2 Å². The highest BCUT2D eigenvalue weighted by Gasteiger charge is 2.22. The van der Waals surface area contributed by atoms with Crippen LogP contribution in [0.1, 0.15) is 12.8 Å². The summed E-state index contributed by atoms with van der Waals surface area (Å²) in [5, 5.41) is 15.4. The first-order valence-corrected chi connectivity index (χ1v) is 7.41. The number of pyridine rings is 1. The second-order valence-corrected chi connectivity index (χ2v) is 5.62. The van der Waals surface area contributed by atoms with E-state index in [-0.39, 0.29) is 11.8 Å². The van der Waals surface area contributed by atoms with Crippen molar-refractivity contribution in [1.82, 2.24) is 20.5 Å². The fourth-order valence-corrected chi connectivity index (χ4v) is 2.88. The lowest BCUT2D eigenvalue weighted by atomic mass is 9.97. The minimum Gasteiger partial charge on any atom is -0.317 e. The van der Waals surface area contributed by atoms with Gasteiger partial charge in [0.05, 0.1) is 0 Å². The van der Waals surface area contributed by atoms with Gasteiger partial charge in [-0.2, -0.15) is 0 Å². The molecule has 1 amide bonds. The Morgan fingerprint density at radius 1 is 1.30 bits per heavy atom. The lowest BCUT2D eigenvalue weighted by Gasteiger charge is -2.20. The highest BCUT2D eigenvalue weighted by atomic mass is 32.1. The van der Waals surface area contributed by atoms with E-state index in [9.17, 15) is 4.79 Å². The molecule has 1 aliphatic heterocycles. The van der Waals surface area contributed by atoms with Gasteiger partial charge in [0.25, 0.3) is 0 Å². The molecule has 0 saturated carbocycles. The van der Waals surface area contributed by atoms with Crippen molar-refractivity contribution in [1.29, 1.82) is 0 Å². The van der Waals surface area contributed by atoms with Crippen LogP contribution in [0.3, 0.4) is 0 Å². The van der Waals surface area contributed by atoms with E-state index in [1.807, 2.05) is 18.2 Å². The largest absolute Gasteiger partial charge is 0.317 e. The van der Waals surface area contributed by atoms with Gasteiger partial charge in [-0.05, 0) is 38.1 Å². The summed E-state index contributed by atoms with van der Waals surface area (Å²) in [6.07, 6.45) is 3.46. The van der Waals surface area contributed by atoms with Crippen molar-refractivity contribution in [2.24, 2.45) is 5.92 Å². The maximum Gasteiger partial charge on any atom is 0.229 e. The van der Waals surface area contributed by atoms with Crippen molar-refractivity contribution in [3.8, 4) is 10.7 Å². The van der Waals surface area contributed by atoms with Gasteiger partial charge in [0.1, 0.15) is 5.69 Å². The summed E-state index contributed by atoms with van der Waals surface area (Å²) < 4.78 is 0. The molecule has 0 radical (unpaired) electrons. The Bertz CT molecular complexity index is 579. The van der Waals surface area contributed by atoms with Gasteiger partial charge in [-0.25, -0.2) is 0 Å². The van der Waals surface area contributed by atoms with Crippen LogP contribution in [0.2, 0.25) is 0 Å². The summed E-state index contributed by atoms with van der Waals surface area (Å²) >= 11 is 1.35. The van der Waals surface area contributed by atoms with Gasteiger partial charge in [0, 0.05) is 12.1 Å². The van der Waals surface area contributed by atoms with E-state index in [1.165, 1.54) is 11.3 Å². The molecule has 2 N–H and O–H groups in total. The van der Waals surface area contributed by atoms with E-state index >= 15 is 0 Å². The van der Waals surface area contributed by atoms with Crippen LogP contribution in [-0.4, -0.2) is 34.2 Å². The third-order valence-corrected chi connectivity index (χ3v) is 4.11. The summed E-state index contributed by atoms with van der Waals surface area (Å²) in [7, 11) is 0. The standard InChI is InChI=1S/C13H15N5OS/c19-11(9-4-7-14-8-5-9)16-13-18-17-12(20-13)10-3-1-2-6-15-10/h1-3,6,9,14H,4-5,7-8H2,(H,16,18,19). The number of amides is 1. The quantitative estimate of drug-likeness (QED) is 0.896. The third kappa shape index (κ3) is 3.00. The molecular weight excluding hydrogens is 274 g/mol. The van der Waals surface area contributed by atoms with Gasteiger partial charge >= 0.3 is 0 Å². The average molecular weight is 289 g/mol. The molecule has 0 atom stereocenters. The van der Waals surface area contributed by atoms with E-state index in [1.54, 1.807) is 6.20 Å². The zero-order chi connectivity index (χ0) is 13.8. The molecule has 1 aliphatic rings. The van der Waals surface area contributed by atoms with E-state index in [4.69, 9.17) is 0 Å². The molecule has 0 aromatic carbocycles. The Morgan fingerprint density at radius 3 is 2.90 bits per heavy atom. The molecule has 0 spiro atoms. The van der Waals surface area contributed by atoms with Crippen LogP contribution < -0.4 is 10.6 Å². The molecule has 1 saturated heterocycles. The van der Waals surface area contributed by atoms with Crippen molar-refractivity contribution in [3.63, 3.8) is 0 Å². The number of carbonyl (C=O) groups excluding carboxylic acids is 1. The number of aromatic nitrogens is 3. The van der Waals surface area contributed by atoms with Crippen molar-refractivity contribution in [2.75, 3.05) is 18.4 Å². The molecular formula is C13H15N5OS. The molecule has 3 heterocycles. The second-order valence-electron chi connectivity index (χ2n) is 4.64. The third-order valence-electron chi connectivity index (χ3n) is 3.25. The van der Waals surface area contributed by atoms with Gasteiger partial charge < -0.3 is 10.6 Å². The molecule has 20 heavy (non-hydrogen) atoms. The molecule has 0 bridgehead atoms. The first kappa shape index (κ1) is 13.1. The zero-order valence-corrected chi connectivity index (χ0v) is 11.7. The summed E-state index contributed by atoms with van der Waals surface area (Å²) in [6.45, 7) is 1.79. The number of anilines is 1. The lowest BCUT2D eigenvalue weighted by Crippen LogP contribution is -2.34. The van der Waals surface area contributed by atoms with Crippen LogP contribution in [-0.2, 0) is 4.79 Å². The van der Waals surface area contributed by atoms with Crippen LogP contribution in [0.25, 0.3) is 10.7 Å². The SMILES string of the molecule is O=C(Nc1nnc(-c2ccccn2)s1)C1CCNCC1. The number of hydrogen-bond acceptors (Lipinski definition) is 6. The lowest BCUT2D eigenvalue weighted by molar-refractivity contribution is -0.120. The van der Waals surface area contributed by atoms with Crippen LogP contribution in [0.15, 0.2) is 24.4 Å². The fourth-order valence-electron chi connectivity index (χ4n) is 2.16. The van der Waals surface area contributed by atoms with Crippen molar-refractivity contribution in [3.05, 3.63) is 24.4 Å². The van der Waals surface area contributed by atoms with Crippen LogP contribution >= 0.6 is 11.3 Å². The fraction of sp³-hybridized carbons (Fsp3) is 0.385. The molecule has 104 valence electrons. The first-order chi connectivity index (χ1) is 9.83. The molecule has 2 aromatic rings. The molecule has 1 fully saturated rings. The van der Waals surface area contributed by atoms with E-state index in [0.29, 0.717) is 10.1 Å². The molecule has 3 rings (SSSR count). The molecule has 0 aliphatic carbocycles. The Labute approximate surface area is 120 Å². The molecule has 2 aromatic heterocycles. The van der Waals surface area contributed by atoms with E-state index < -0.39 is 0 Å². The Balaban J connectivity index is 1.66. The monoisotopic (exact) mass is 289 g/mol. The van der Waals surface area contributed by atoms with Crippen molar-refractivity contribution in [2.45, 2.75) is 12.8 Å². The van der Waals surface area contributed by atoms with Gasteiger partial charge in [-0.3, -0.25) is 9.78 Å². The minimum absolute atomic E-state index is 0.0372. The topological polar surface area (TPSA) is 79.8 Å². The Morgan fingerprint density at radius 2 is 2.15 bits per heavy atom. The molecule has 6 nitrogen and oxygen atoms in total. The smallest absolute Gasteiger partial charge is 0.229 e. The maximum atomic E-state index is 12.1. The van der Waals surface area contributed by atoms with Crippen LogP contribution in [0.5, 0.6) is 0 Å². The summed E-state index contributed by atoms with van der Waals surface area (Å²) in [4.78, 5) is 16.3. The average Bonchev–Trinajstić information content (AvgIpc) is 2.97. The van der Waals surface area contributed by atoms with Crippen molar-refractivity contribution < 1.29 is 4.79 Å². The van der Waals surface area contributed by atoms with Gasteiger partial charge in [0.15, 0.2) is 5.01 Å². The number of nitrogens with zero attached hydrogens (tertiary/aromatic N) is 3. The predicted molar refractivity (Wildman–Crippen MR) is 77.4 cm³/mol. The van der Waals surface area contributed by atoms with E-state index in [2.05, 4.69) is 25.8 Å². The van der Waals surface area contributed by atoms with Gasteiger partial charge in [-0.1, -0.05) is 17.4 Å². The van der Waals surface area contributed by atoms with Crippen LogP contribution in [0, 0.1) is 5.92 Å². The normalized spacial score (nSPS) is 16.0. The maximum absolute atomic E-state index is 12.1. The number of nitrogens with one attached hydrogen (secondary N) is 2. The predicted octanol–water partition coefficient (Wildman–Crippen LogP) is 1.54. The minimum atomic E-state index is 0.0372. The Hall–Kier alpha value is -1.86. The van der Waals surface area contributed by atoms with E-state index in [0.717, 1.165) is 31.6 Å². The van der Waals surface area contributed by atoms with Gasteiger partial charge in [0.2, 0.25) is 11.0 Å². The number of carbonyl (C=O) groups is 1. The number of piperidine rings is 1. The van der Waals surface area contributed by atoms with Crippen LogP contribution in [0.4, 0.5) is 5.13 Å². The summed E-state index contributed by atoms with van der Waals surface area (Å²) in [6, 6.07) is 5.63. The molecule has 0 unspecified atom stereocenters. The zero-order valence-electron chi connectivity index (χ0n) is 10.9. The Kier molecular flexibility index (Phi) is 3.98. The second kappa shape index (κ2) is 6.06. The summed E-state index contributed by atoms with van der Waals surface area (Å²) in [5.74, 6) is 0.105. The highest BCUT2D eigenvalue weighted by molar-refractivity contribution is 7.18. The molecule has 7 heteroatoms. The number of hydrogen-bond donors (Lipinski definition) is 2. The highest BCUT2D eigenvalue weighted by Crippen LogP contribution is 2.25. The number of rotatable bonds is 3. The first-order valence-electron chi connectivity index (χ1n) is 6.59. The summed E-state index contributed by atoms with van der Waals surface area (Å²) in [5.41, 5.74) is 0.771.